The number of rotatable bonds is 1. The topological polar surface area (TPSA) is 40.1 Å². The van der Waals surface area contributed by atoms with E-state index < -0.39 is 27.7 Å². The maximum atomic E-state index is 12.1. The van der Waals surface area contributed by atoms with Crippen LogP contribution in [0.15, 0.2) is 29.2 Å². The van der Waals surface area contributed by atoms with Gasteiger partial charge < -0.3 is 4.55 Å². The van der Waals surface area contributed by atoms with E-state index >= 15 is 0 Å². The summed E-state index contributed by atoms with van der Waals surface area (Å²) in [6.07, 6.45) is -4.63. The van der Waals surface area contributed by atoms with Crippen LogP contribution in [0.3, 0.4) is 0 Å². The second kappa shape index (κ2) is 4.98. The molecule has 0 N–H and O–H groups in total. The Morgan fingerprint density at radius 3 is 2.07 bits per heavy atom. The summed E-state index contributed by atoms with van der Waals surface area (Å²) in [4.78, 5) is -0.727. The van der Waals surface area contributed by atoms with Crippen LogP contribution >= 0.6 is 0 Å². The zero-order chi connectivity index (χ0) is 10.1. The molecule has 1 rings (SSSR count). The van der Waals surface area contributed by atoms with Crippen LogP contribution in [0.5, 0.6) is 0 Å². The van der Waals surface area contributed by atoms with E-state index in [1.54, 1.807) is 0 Å². The van der Waals surface area contributed by atoms with Crippen molar-refractivity contribution in [1.29, 1.82) is 0 Å². The molecule has 0 aliphatic rings. The van der Waals surface area contributed by atoms with E-state index in [0.717, 1.165) is 18.2 Å². The molecule has 0 spiro atoms. The third kappa shape index (κ3) is 3.14. The number of hydrogen-bond acceptors (Lipinski definition) is 2. The molecule has 0 aliphatic heterocycles. The van der Waals surface area contributed by atoms with Crippen molar-refractivity contribution in [2.45, 2.75) is 11.1 Å². The number of hydrogen-bond donors (Lipinski definition) is 0. The van der Waals surface area contributed by atoms with Crippen LogP contribution in [-0.2, 0) is 17.3 Å². The largest absolute Gasteiger partial charge is 1.00 e. The van der Waals surface area contributed by atoms with Crippen LogP contribution in [0.4, 0.5) is 13.2 Å². The summed E-state index contributed by atoms with van der Waals surface area (Å²) in [6.45, 7) is 0. The van der Waals surface area contributed by atoms with Crippen molar-refractivity contribution in [3.8, 4) is 0 Å². The Labute approximate surface area is 93.0 Å². The summed E-state index contributed by atoms with van der Waals surface area (Å²) in [5, 5.41) is 0. The van der Waals surface area contributed by atoms with Crippen molar-refractivity contribution >= 4 is 11.1 Å². The normalized spacial score (nSPS) is 13.1. The minimum absolute atomic E-state index is 0. The van der Waals surface area contributed by atoms with Crippen molar-refractivity contribution in [2.75, 3.05) is 0 Å². The first-order chi connectivity index (χ1) is 5.93. The Hall–Kier alpha value is -0.283. The van der Waals surface area contributed by atoms with Gasteiger partial charge in [0.1, 0.15) is 0 Å². The maximum absolute atomic E-state index is 12.1. The fourth-order valence-electron chi connectivity index (χ4n) is 0.846. The van der Waals surface area contributed by atoms with Gasteiger partial charge in [0.2, 0.25) is 0 Å². The summed E-state index contributed by atoms with van der Waals surface area (Å²) in [7, 11) is 0. The van der Waals surface area contributed by atoms with Gasteiger partial charge in [0.25, 0.3) is 0 Å². The van der Waals surface area contributed by atoms with Crippen LogP contribution in [-0.4, -0.2) is 8.76 Å². The van der Waals surface area contributed by atoms with Crippen LogP contribution in [0.25, 0.3) is 0 Å². The molecular weight excluding hydrogens is 212 g/mol. The molecule has 2 nitrogen and oxygen atoms in total. The SMILES string of the molecule is O=S([O-])c1ccccc1C(F)(F)F.[Li+]. The van der Waals surface area contributed by atoms with Crippen molar-refractivity contribution in [3.05, 3.63) is 29.8 Å². The Kier molecular flexibility index (Phi) is 4.88. The summed E-state index contributed by atoms with van der Waals surface area (Å²) >= 11 is -2.86. The van der Waals surface area contributed by atoms with Gasteiger partial charge in [0, 0.05) is 4.90 Å². The zero-order valence-corrected chi connectivity index (χ0v) is 7.98. The molecule has 1 atom stereocenters. The average Bonchev–Trinajstić information content (AvgIpc) is 2.03. The Bertz CT molecular complexity index is 340. The number of alkyl halides is 3. The Balaban J connectivity index is 0.00000169. The molecule has 1 unspecified atom stereocenters. The molecule has 1 aromatic carbocycles. The predicted molar refractivity (Wildman–Crippen MR) is 38.6 cm³/mol. The molecule has 0 aliphatic carbocycles. The summed E-state index contributed by atoms with van der Waals surface area (Å²) < 4.78 is 57.1. The van der Waals surface area contributed by atoms with Gasteiger partial charge in [0.05, 0.1) is 5.56 Å². The first kappa shape index (κ1) is 13.7. The average molecular weight is 216 g/mol. The van der Waals surface area contributed by atoms with E-state index in [4.69, 9.17) is 0 Å². The summed E-state index contributed by atoms with van der Waals surface area (Å²) in [5.41, 5.74) is -1.14. The molecule has 0 saturated heterocycles. The molecule has 0 fully saturated rings. The molecule has 7 heteroatoms. The fraction of sp³-hybridized carbons (Fsp3) is 0.143. The molecule has 0 bridgehead atoms. The van der Waals surface area contributed by atoms with E-state index in [2.05, 4.69) is 0 Å². The minimum Gasteiger partial charge on any atom is -0.768 e. The van der Waals surface area contributed by atoms with Gasteiger partial charge in [-0.1, -0.05) is 12.1 Å². The zero-order valence-electron chi connectivity index (χ0n) is 7.17. The van der Waals surface area contributed by atoms with Gasteiger partial charge in [-0.2, -0.15) is 13.2 Å². The second-order valence-corrected chi connectivity index (χ2v) is 3.14. The molecule has 0 radical (unpaired) electrons. The van der Waals surface area contributed by atoms with Crippen LogP contribution in [0, 0.1) is 0 Å². The van der Waals surface area contributed by atoms with E-state index in [9.17, 15) is 21.9 Å². The van der Waals surface area contributed by atoms with Gasteiger partial charge in [-0.25, -0.2) is 0 Å². The molecular formula is C7H4F3LiO2S. The van der Waals surface area contributed by atoms with Crippen molar-refractivity contribution < 1.29 is 40.8 Å². The number of halogens is 3. The molecule has 1 aromatic rings. The first-order valence-corrected chi connectivity index (χ1v) is 4.26. The van der Waals surface area contributed by atoms with Gasteiger partial charge in [0.15, 0.2) is 0 Å². The van der Waals surface area contributed by atoms with E-state index in [0.29, 0.717) is 0 Å². The third-order valence-electron chi connectivity index (χ3n) is 1.37. The minimum atomic E-state index is -4.63. The predicted octanol–water partition coefficient (Wildman–Crippen LogP) is -1.05. The third-order valence-corrected chi connectivity index (χ3v) is 2.09. The van der Waals surface area contributed by atoms with Crippen molar-refractivity contribution in [3.63, 3.8) is 0 Å². The molecule has 14 heavy (non-hydrogen) atoms. The fourth-order valence-corrected chi connectivity index (χ4v) is 1.40. The van der Waals surface area contributed by atoms with Crippen LogP contribution < -0.4 is 18.9 Å². The van der Waals surface area contributed by atoms with Crippen LogP contribution in [0.2, 0.25) is 0 Å². The standard InChI is InChI=1S/C7H5F3O2S.Li/c8-7(9,10)5-3-1-2-4-6(5)13(11)12;/h1-4H,(H,11,12);/q;+1/p-1. The molecule has 0 amide bonds. The van der Waals surface area contributed by atoms with E-state index in [1.165, 1.54) is 6.07 Å². The maximum Gasteiger partial charge on any atom is 1.00 e. The quantitative estimate of drug-likeness (QED) is 0.444. The molecule has 0 heterocycles. The Morgan fingerprint density at radius 1 is 1.21 bits per heavy atom. The van der Waals surface area contributed by atoms with Gasteiger partial charge in [-0.3, -0.25) is 4.21 Å². The Morgan fingerprint density at radius 2 is 1.71 bits per heavy atom. The van der Waals surface area contributed by atoms with Crippen LogP contribution in [0.1, 0.15) is 5.56 Å². The summed E-state index contributed by atoms with van der Waals surface area (Å²) in [5.74, 6) is 0. The number of benzene rings is 1. The molecule has 72 valence electrons. The monoisotopic (exact) mass is 216 g/mol. The van der Waals surface area contributed by atoms with Crippen molar-refractivity contribution in [2.24, 2.45) is 0 Å². The van der Waals surface area contributed by atoms with Gasteiger partial charge in [-0.05, 0) is 23.2 Å². The van der Waals surface area contributed by atoms with E-state index in [-0.39, 0.29) is 18.9 Å². The molecule has 0 aromatic heterocycles. The second-order valence-electron chi connectivity index (χ2n) is 2.23. The first-order valence-electron chi connectivity index (χ1n) is 3.18. The summed E-state index contributed by atoms with van der Waals surface area (Å²) in [6, 6.07) is 4.01. The molecule has 0 saturated carbocycles. The van der Waals surface area contributed by atoms with E-state index in [1.807, 2.05) is 0 Å². The van der Waals surface area contributed by atoms with Crippen molar-refractivity contribution in [1.82, 2.24) is 0 Å². The van der Waals surface area contributed by atoms with Gasteiger partial charge in [-0.15, -0.1) is 0 Å². The van der Waals surface area contributed by atoms with Gasteiger partial charge >= 0.3 is 25.0 Å². The smallest absolute Gasteiger partial charge is 0.768 e.